The topological polar surface area (TPSA) is 76.7 Å². The van der Waals surface area contributed by atoms with Gasteiger partial charge in [-0.1, -0.05) is 29.3 Å². The van der Waals surface area contributed by atoms with Crippen molar-refractivity contribution in [2.45, 2.75) is 12.8 Å². The normalized spacial score (nSPS) is 12.4. The minimum absolute atomic E-state index is 0.169. The molecule has 0 aromatic heterocycles. The molecule has 26 heavy (non-hydrogen) atoms. The zero-order chi connectivity index (χ0) is 18.5. The summed E-state index contributed by atoms with van der Waals surface area (Å²) in [6.45, 7) is 0.911. The number of rotatable bonds is 4. The van der Waals surface area contributed by atoms with E-state index in [-0.39, 0.29) is 12.3 Å². The molecule has 8 heteroatoms. The molecule has 0 saturated carbocycles. The Morgan fingerprint density at radius 3 is 2.50 bits per heavy atom. The van der Waals surface area contributed by atoms with Crippen LogP contribution >= 0.6 is 23.2 Å². The molecule has 2 aromatic rings. The average Bonchev–Trinajstić information content (AvgIpc) is 2.65. The molecule has 0 bridgehead atoms. The van der Waals surface area contributed by atoms with E-state index in [9.17, 15) is 9.59 Å². The summed E-state index contributed by atoms with van der Waals surface area (Å²) >= 11 is 11.9. The SMILES string of the molecule is O=C(CCc1ccc(Cl)cc1Cl)NNC(=O)c1ccc2c(c1)OCCO2. The zero-order valence-corrected chi connectivity index (χ0v) is 15.2. The van der Waals surface area contributed by atoms with E-state index < -0.39 is 5.91 Å². The van der Waals surface area contributed by atoms with E-state index >= 15 is 0 Å². The highest BCUT2D eigenvalue weighted by molar-refractivity contribution is 6.35. The number of nitrogens with one attached hydrogen (secondary N) is 2. The molecule has 0 saturated heterocycles. The molecule has 0 atom stereocenters. The summed E-state index contributed by atoms with van der Waals surface area (Å²) in [6.07, 6.45) is 0.602. The number of ether oxygens (including phenoxy) is 2. The van der Waals surface area contributed by atoms with Crippen LogP contribution in [0, 0.1) is 0 Å². The van der Waals surface area contributed by atoms with Crippen LogP contribution in [0.15, 0.2) is 36.4 Å². The van der Waals surface area contributed by atoms with Crippen LogP contribution in [0.5, 0.6) is 11.5 Å². The molecule has 2 aromatic carbocycles. The molecule has 0 fully saturated rings. The largest absolute Gasteiger partial charge is 0.486 e. The molecule has 0 aliphatic carbocycles. The van der Waals surface area contributed by atoms with Crippen molar-refractivity contribution in [2.75, 3.05) is 13.2 Å². The van der Waals surface area contributed by atoms with E-state index in [1.807, 2.05) is 0 Å². The third kappa shape index (κ3) is 4.59. The monoisotopic (exact) mass is 394 g/mol. The third-order valence-corrected chi connectivity index (χ3v) is 4.34. The maximum Gasteiger partial charge on any atom is 0.269 e. The van der Waals surface area contributed by atoms with Gasteiger partial charge in [-0.05, 0) is 42.3 Å². The lowest BCUT2D eigenvalue weighted by molar-refractivity contribution is -0.121. The molecule has 1 heterocycles. The first kappa shape index (κ1) is 18.4. The second-order valence-corrected chi connectivity index (χ2v) is 6.44. The first-order valence-electron chi connectivity index (χ1n) is 7.95. The minimum atomic E-state index is -0.445. The molecule has 2 amide bonds. The summed E-state index contributed by atoms with van der Waals surface area (Å²) in [5, 5.41) is 1.04. The Labute approximate surface area is 160 Å². The van der Waals surface area contributed by atoms with Crippen molar-refractivity contribution < 1.29 is 19.1 Å². The Morgan fingerprint density at radius 1 is 0.962 bits per heavy atom. The maximum absolute atomic E-state index is 12.1. The van der Waals surface area contributed by atoms with Gasteiger partial charge >= 0.3 is 0 Å². The molecule has 6 nitrogen and oxygen atoms in total. The fraction of sp³-hybridized carbons (Fsp3) is 0.222. The van der Waals surface area contributed by atoms with E-state index in [0.717, 1.165) is 5.56 Å². The Balaban J connectivity index is 1.50. The number of fused-ring (bicyclic) bond motifs is 1. The van der Waals surface area contributed by atoms with E-state index in [1.165, 1.54) is 0 Å². The summed E-state index contributed by atoms with van der Waals surface area (Å²) in [7, 11) is 0. The summed E-state index contributed by atoms with van der Waals surface area (Å²) in [5.41, 5.74) is 5.93. The first-order valence-corrected chi connectivity index (χ1v) is 8.71. The lowest BCUT2D eigenvalue weighted by atomic mass is 10.1. The standard InChI is InChI=1S/C18H16Cl2N2O4/c19-13-4-1-11(14(20)10-13)3-6-17(23)21-22-18(24)12-2-5-15-16(9-12)26-8-7-25-15/h1-2,4-5,9-10H,3,6-8H2,(H,21,23)(H,22,24). The van der Waals surface area contributed by atoms with Gasteiger partial charge in [0.25, 0.3) is 5.91 Å². The number of aryl methyl sites for hydroxylation is 1. The van der Waals surface area contributed by atoms with Gasteiger partial charge in [0, 0.05) is 22.0 Å². The fourth-order valence-corrected chi connectivity index (χ4v) is 2.92. The van der Waals surface area contributed by atoms with Crippen LogP contribution in [0.25, 0.3) is 0 Å². The van der Waals surface area contributed by atoms with Crippen LogP contribution in [0.4, 0.5) is 0 Å². The minimum Gasteiger partial charge on any atom is -0.486 e. The summed E-state index contributed by atoms with van der Waals surface area (Å²) in [4.78, 5) is 24.1. The Bertz CT molecular complexity index is 842. The maximum atomic E-state index is 12.1. The van der Waals surface area contributed by atoms with Gasteiger partial charge in [0.05, 0.1) is 0 Å². The second-order valence-electron chi connectivity index (χ2n) is 5.60. The second kappa shape index (κ2) is 8.29. The number of carbonyl (C=O) groups is 2. The van der Waals surface area contributed by atoms with Crippen molar-refractivity contribution in [1.29, 1.82) is 0 Å². The van der Waals surface area contributed by atoms with Crippen LogP contribution in [-0.2, 0) is 11.2 Å². The number of benzene rings is 2. The number of hydrogen-bond donors (Lipinski definition) is 2. The molecular weight excluding hydrogens is 379 g/mol. The van der Waals surface area contributed by atoms with Gasteiger partial charge in [-0.3, -0.25) is 20.4 Å². The third-order valence-electron chi connectivity index (χ3n) is 3.76. The molecule has 0 unspecified atom stereocenters. The van der Waals surface area contributed by atoms with Crippen molar-refractivity contribution >= 4 is 35.0 Å². The smallest absolute Gasteiger partial charge is 0.269 e. The van der Waals surface area contributed by atoms with Crippen molar-refractivity contribution in [3.05, 3.63) is 57.6 Å². The molecule has 0 spiro atoms. The molecule has 136 valence electrons. The van der Waals surface area contributed by atoms with Crippen molar-refractivity contribution in [3.63, 3.8) is 0 Å². The van der Waals surface area contributed by atoms with Gasteiger partial charge < -0.3 is 9.47 Å². The molecule has 1 aliphatic heterocycles. The molecule has 1 aliphatic rings. The number of halogens is 2. The van der Waals surface area contributed by atoms with E-state index in [2.05, 4.69) is 10.9 Å². The Kier molecular flexibility index (Phi) is 5.85. The van der Waals surface area contributed by atoms with Gasteiger partial charge in [0.2, 0.25) is 5.91 Å². The van der Waals surface area contributed by atoms with Crippen LogP contribution < -0.4 is 20.3 Å². The lowest BCUT2D eigenvalue weighted by Gasteiger charge is -2.18. The van der Waals surface area contributed by atoms with Gasteiger partial charge in [-0.2, -0.15) is 0 Å². The predicted octanol–water partition coefficient (Wildman–Crippen LogP) is 3.16. The van der Waals surface area contributed by atoms with Crippen molar-refractivity contribution in [2.24, 2.45) is 0 Å². The van der Waals surface area contributed by atoms with Gasteiger partial charge in [0.1, 0.15) is 13.2 Å². The van der Waals surface area contributed by atoms with Gasteiger partial charge in [-0.25, -0.2) is 0 Å². The highest BCUT2D eigenvalue weighted by atomic mass is 35.5. The summed E-state index contributed by atoms with van der Waals surface area (Å²) < 4.78 is 10.8. The zero-order valence-electron chi connectivity index (χ0n) is 13.7. The van der Waals surface area contributed by atoms with E-state index in [0.29, 0.717) is 46.7 Å². The number of carbonyl (C=O) groups excluding carboxylic acids is 2. The van der Waals surface area contributed by atoms with Gasteiger partial charge in [-0.15, -0.1) is 0 Å². The Morgan fingerprint density at radius 2 is 1.73 bits per heavy atom. The van der Waals surface area contributed by atoms with Crippen LogP contribution in [0.2, 0.25) is 10.0 Å². The van der Waals surface area contributed by atoms with Crippen molar-refractivity contribution in [1.82, 2.24) is 10.9 Å². The molecular formula is C18H16Cl2N2O4. The van der Waals surface area contributed by atoms with Crippen LogP contribution in [-0.4, -0.2) is 25.0 Å². The number of amides is 2. The predicted molar refractivity (Wildman–Crippen MR) is 97.8 cm³/mol. The molecule has 2 N–H and O–H groups in total. The number of hydrogen-bond acceptors (Lipinski definition) is 4. The average molecular weight is 395 g/mol. The van der Waals surface area contributed by atoms with Crippen molar-refractivity contribution in [3.8, 4) is 11.5 Å². The quantitative estimate of drug-likeness (QED) is 0.780. The van der Waals surface area contributed by atoms with E-state index in [4.69, 9.17) is 32.7 Å². The summed E-state index contributed by atoms with van der Waals surface area (Å²) in [6, 6.07) is 9.94. The first-order chi connectivity index (χ1) is 12.5. The van der Waals surface area contributed by atoms with Gasteiger partial charge in [0.15, 0.2) is 11.5 Å². The lowest BCUT2D eigenvalue weighted by Crippen LogP contribution is -2.41. The highest BCUT2D eigenvalue weighted by Crippen LogP contribution is 2.30. The van der Waals surface area contributed by atoms with Crippen LogP contribution in [0.1, 0.15) is 22.3 Å². The molecule has 3 rings (SSSR count). The fourth-order valence-electron chi connectivity index (χ4n) is 2.42. The van der Waals surface area contributed by atoms with Crippen LogP contribution in [0.3, 0.4) is 0 Å². The number of hydrazine groups is 1. The summed E-state index contributed by atoms with van der Waals surface area (Å²) in [5.74, 6) is 0.325. The van der Waals surface area contributed by atoms with E-state index in [1.54, 1.807) is 36.4 Å². The highest BCUT2D eigenvalue weighted by Gasteiger charge is 2.15. The Hall–Kier alpha value is -2.44. The molecule has 0 radical (unpaired) electrons.